The van der Waals surface area contributed by atoms with Crippen LogP contribution in [0.2, 0.25) is 0 Å². The number of carbonyl (C=O) groups excluding carboxylic acids is 1. The SMILES string of the molecule is CC1(C)O[C@@H](COCc2ccccc2)[C@@H](C(=O)C(C)(C)OCc2ccccc2)O1. The second-order valence-electron chi connectivity index (χ2n) is 8.24. The monoisotopic (exact) mass is 398 g/mol. The van der Waals surface area contributed by atoms with Gasteiger partial charge in [-0.2, -0.15) is 0 Å². The quantitative estimate of drug-likeness (QED) is 0.631. The van der Waals surface area contributed by atoms with Gasteiger partial charge in [0.1, 0.15) is 11.7 Å². The largest absolute Gasteiger partial charge is 0.374 e. The summed E-state index contributed by atoms with van der Waals surface area (Å²) < 4.78 is 23.7. The number of rotatable bonds is 9. The summed E-state index contributed by atoms with van der Waals surface area (Å²) in [7, 11) is 0. The summed E-state index contributed by atoms with van der Waals surface area (Å²) in [6.07, 6.45) is -1.23. The number of ether oxygens (including phenoxy) is 4. The zero-order valence-electron chi connectivity index (χ0n) is 17.6. The van der Waals surface area contributed by atoms with Crippen molar-refractivity contribution in [2.75, 3.05) is 6.61 Å². The molecule has 1 aliphatic rings. The van der Waals surface area contributed by atoms with Crippen molar-refractivity contribution in [2.24, 2.45) is 0 Å². The Hall–Kier alpha value is -2.05. The maximum atomic E-state index is 13.2. The molecule has 5 heteroatoms. The maximum absolute atomic E-state index is 13.2. The lowest BCUT2D eigenvalue weighted by Gasteiger charge is -2.28. The molecule has 5 nitrogen and oxygen atoms in total. The molecule has 0 aromatic heterocycles. The lowest BCUT2D eigenvalue weighted by molar-refractivity contribution is -0.167. The van der Waals surface area contributed by atoms with Gasteiger partial charge in [-0.1, -0.05) is 60.7 Å². The first kappa shape index (κ1) is 21.7. The van der Waals surface area contributed by atoms with Gasteiger partial charge in [-0.25, -0.2) is 0 Å². The van der Waals surface area contributed by atoms with Crippen molar-refractivity contribution >= 4 is 5.78 Å². The van der Waals surface area contributed by atoms with Crippen molar-refractivity contribution in [1.29, 1.82) is 0 Å². The molecule has 2 aromatic carbocycles. The third kappa shape index (κ3) is 5.97. The van der Waals surface area contributed by atoms with Gasteiger partial charge in [-0.3, -0.25) is 4.79 Å². The minimum atomic E-state index is -1.01. The molecule has 2 atom stereocenters. The van der Waals surface area contributed by atoms with Crippen LogP contribution >= 0.6 is 0 Å². The zero-order chi connectivity index (χ0) is 20.9. The Kier molecular flexibility index (Phi) is 6.85. The van der Waals surface area contributed by atoms with E-state index in [0.717, 1.165) is 11.1 Å². The molecule has 0 amide bonds. The first-order valence-electron chi connectivity index (χ1n) is 9.96. The van der Waals surface area contributed by atoms with Crippen molar-refractivity contribution in [3.05, 3.63) is 71.8 Å². The molecule has 0 unspecified atom stereocenters. The summed E-state index contributed by atoms with van der Waals surface area (Å²) in [6.45, 7) is 8.24. The van der Waals surface area contributed by atoms with Crippen LogP contribution in [0.3, 0.4) is 0 Å². The van der Waals surface area contributed by atoms with Gasteiger partial charge in [0.2, 0.25) is 0 Å². The second kappa shape index (κ2) is 9.18. The van der Waals surface area contributed by atoms with Crippen LogP contribution < -0.4 is 0 Å². The Bertz CT molecular complexity index is 785. The number of Topliss-reactive ketones (excluding diaryl/α,β-unsaturated/α-hetero) is 1. The molecule has 0 radical (unpaired) electrons. The average Bonchev–Trinajstić information content (AvgIpc) is 3.02. The highest BCUT2D eigenvalue weighted by Gasteiger charge is 2.49. The van der Waals surface area contributed by atoms with Crippen LogP contribution in [0.4, 0.5) is 0 Å². The van der Waals surface area contributed by atoms with Crippen molar-refractivity contribution in [3.8, 4) is 0 Å². The van der Waals surface area contributed by atoms with Gasteiger partial charge in [0.05, 0.1) is 19.8 Å². The van der Waals surface area contributed by atoms with Gasteiger partial charge in [-0.05, 0) is 38.8 Å². The molecular weight excluding hydrogens is 368 g/mol. The first-order valence-corrected chi connectivity index (χ1v) is 9.96. The highest BCUT2D eigenvalue weighted by molar-refractivity contribution is 5.91. The molecule has 156 valence electrons. The number of hydrogen-bond donors (Lipinski definition) is 0. The molecular formula is C24H30O5. The summed E-state index contributed by atoms with van der Waals surface area (Å²) in [6, 6.07) is 19.7. The Morgan fingerprint density at radius 3 is 2.07 bits per heavy atom. The molecule has 0 spiro atoms. The van der Waals surface area contributed by atoms with E-state index in [4.69, 9.17) is 18.9 Å². The van der Waals surface area contributed by atoms with Crippen molar-refractivity contribution < 1.29 is 23.7 Å². The smallest absolute Gasteiger partial charge is 0.195 e. The maximum Gasteiger partial charge on any atom is 0.195 e. The van der Waals surface area contributed by atoms with Crippen LogP contribution in [0.25, 0.3) is 0 Å². The van der Waals surface area contributed by atoms with Crippen LogP contribution in [0.1, 0.15) is 38.8 Å². The van der Waals surface area contributed by atoms with E-state index in [0.29, 0.717) is 13.2 Å². The molecule has 2 aromatic rings. The normalized spacial score (nSPS) is 21.2. The van der Waals surface area contributed by atoms with E-state index in [2.05, 4.69) is 0 Å². The molecule has 1 saturated heterocycles. The number of carbonyl (C=O) groups is 1. The molecule has 0 aliphatic carbocycles. The topological polar surface area (TPSA) is 54.0 Å². The van der Waals surface area contributed by atoms with Gasteiger partial charge in [0, 0.05) is 0 Å². The fraction of sp³-hybridized carbons (Fsp3) is 0.458. The van der Waals surface area contributed by atoms with E-state index < -0.39 is 23.6 Å². The molecule has 1 aliphatic heterocycles. The van der Waals surface area contributed by atoms with Crippen molar-refractivity contribution in [1.82, 2.24) is 0 Å². The van der Waals surface area contributed by atoms with E-state index in [-0.39, 0.29) is 12.4 Å². The third-order valence-corrected chi connectivity index (χ3v) is 4.87. The fourth-order valence-electron chi connectivity index (χ4n) is 3.30. The van der Waals surface area contributed by atoms with Crippen LogP contribution in [0.15, 0.2) is 60.7 Å². The van der Waals surface area contributed by atoms with E-state index in [1.165, 1.54) is 0 Å². The molecule has 29 heavy (non-hydrogen) atoms. The van der Waals surface area contributed by atoms with E-state index >= 15 is 0 Å². The average molecular weight is 398 g/mol. The van der Waals surface area contributed by atoms with E-state index in [1.807, 2.05) is 74.5 Å². The van der Waals surface area contributed by atoms with Gasteiger partial charge in [-0.15, -0.1) is 0 Å². The Labute approximate surface area is 172 Å². The highest BCUT2D eigenvalue weighted by atomic mass is 16.8. The lowest BCUT2D eigenvalue weighted by Crippen LogP contribution is -2.47. The zero-order valence-corrected chi connectivity index (χ0v) is 17.6. The lowest BCUT2D eigenvalue weighted by atomic mass is 9.95. The number of hydrogen-bond acceptors (Lipinski definition) is 5. The van der Waals surface area contributed by atoms with E-state index in [9.17, 15) is 4.79 Å². The fourth-order valence-corrected chi connectivity index (χ4v) is 3.30. The summed E-state index contributed by atoms with van der Waals surface area (Å²) in [5, 5.41) is 0. The van der Waals surface area contributed by atoms with Crippen molar-refractivity contribution in [2.45, 2.75) is 64.5 Å². The standard InChI is InChI=1S/C24H30O5/c1-23(2,27-16-19-13-9-6-10-14-19)22(25)21-20(28-24(3,4)29-21)17-26-15-18-11-7-5-8-12-18/h5-14,20-21H,15-17H2,1-4H3/t20-,21-/m0/s1. The summed E-state index contributed by atoms with van der Waals surface area (Å²) in [4.78, 5) is 13.2. The Balaban J connectivity index is 1.61. The molecule has 0 N–H and O–H groups in total. The Morgan fingerprint density at radius 2 is 1.48 bits per heavy atom. The minimum Gasteiger partial charge on any atom is -0.374 e. The van der Waals surface area contributed by atoms with Gasteiger partial charge in [0.15, 0.2) is 17.7 Å². The Morgan fingerprint density at radius 1 is 0.931 bits per heavy atom. The van der Waals surface area contributed by atoms with Gasteiger partial charge in [0.25, 0.3) is 0 Å². The van der Waals surface area contributed by atoms with Gasteiger partial charge >= 0.3 is 0 Å². The van der Waals surface area contributed by atoms with Crippen molar-refractivity contribution in [3.63, 3.8) is 0 Å². The predicted octanol–water partition coefficient (Wildman–Crippen LogP) is 4.29. The molecule has 1 fully saturated rings. The number of benzene rings is 2. The third-order valence-electron chi connectivity index (χ3n) is 4.87. The minimum absolute atomic E-state index is 0.146. The molecule has 3 rings (SSSR count). The van der Waals surface area contributed by atoms with E-state index in [1.54, 1.807) is 13.8 Å². The summed E-state index contributed by atoms with van der Waals surface area (Å²) >= 11 is 0. The highest BCUT2D eigenvalue weighted by Crippen LogP contribution is 2.32. The summed E-state index contributed by atoms with van der Waals surface area (Å²) in [5.74, 6) is -0.997. The molecule has 0 saturated carbocycles. The molecule has 1 heterocycles. The van der Waals surface area contributed by atoms with Crippen LogP contribution in [0, 0.1) is 0 Å². The van der Waals surface area contributed by atoms with Crippen LogP contribution in [-0.4, -0.2) is 36.0 Å². The number of ketones is 1. The summed E-state index contributed by atoms with van der Waals surface area (Å²) in [5.41, 5.74) is 1.07. The van der Waals surface area contributed by atoms with Gasteiger partial charge < -0.3 is 18.9 Å². The second-order valence-corrected chi connectivity index (χ2v) is 8.24. The first-order chi connectivity index (χ1) is 13.8. The van der Waals surface area contributed by atoms with Crippen LogP contribution in [-0.2, 0) is 37.0 Å². The molecule has 0 bridgehead atoms. The van der Waals surface area contributed by atoms with Crippen LogP contribution in [0.5, 0.6) is 0 Å². The predicted molar refractivity (Wildman–Crippen MR) is 110 cm³/mol.